The topological polar surface area (TPSA) is 77.1 Å². The predicted molar refractivity (Wildman–Crippen MR) is 67.8 cm³/mol. The molecule has 1 rings (SSSR count). The van der Waals surface area contributed by atoms with E-state index in [2.05, 4.69) is 5.02 Å². The molecule has 1 aromatic carbocycles. The minimum absolute atomic E-state index is 0. The van der Waals surface area contributed by atoms with Gasteiger partial charge in [0.2, 0.25) is 0 Å². The summed E-state index contributed by atoms with van der Waals surface area (Å²) in [6.07, 6.45) is 1.08. The average Bonchev–Trinajstić information content (AvgIpc) is 2.25. The largest absolute Gasteiger partial charge is 1.00 e. The number of hydrogen-bond donors (Lipinski definition) is 0. The molecule has 0 spiro atoms. The Morgan fingerprint density at radius 3 is 2.37 bits per heavy atom. The number of carbonyl (C=O) groups excluding carboxylic acids is 1. The summed E-state index contributed by atoms with van der Waals surface area (Å²) in [5, 5.41) is 12.3. The minimum Gasteiger partial charge on any atom is -0.550 e. The van der Waals surface area contributed by atoms with E-state index in [0.29, 0.717) is 0 Å². The molecule has 92 valence electrons. The molecule has 0 bridgehead atoms. The zero-order valence-corrected chi connectivity index (χ0v) is 12.2. The number of allylic oxidation sites excluding steroid dienone is 1. The van der Waals surface area contributed by atoms with Crippen LogP contribution in [0.1, 0.15) is 18.4 Å². The van der Waals surface area contributed by atoms with E-state index in [1.165, 1.54) is 18.2 Å². The van der Waals surface area contributed by atoms with Crippen molar-refractivity contribution in [3.63, 3.8) is 0 Å². The molecule has 1 atom stereocenters. The number of benzene rings is 1. The third-order valence-electron chi connectivity index (χ3n) is 2.06. The summed E-state index contributed by atoms with van der Waals surface area (Å²) < 4.78 is 23.4. The summed E-state index contributed by atoms with van der Waals surface area (Å²) in [6.45, 7) is 1.86. The number of carbonyl (C=O) groups is 1. The van der Waals surface area contributed by atoms with Gasteiger partial charge in [0.05, 0.1) is 4.90 Å². The molecule has 7 heteroatoms. The molecule has 0 aliphatic heterocycles. The number of aryl methyl sites for hydroxylation is 1. The van der Waals surface area contributed by atoms with Gasteiger partial charge in [0, 0.05) is 24.8 Å². The number of carboxylic acids is 1. The van der Waals surface area contributed by atoms with E-state index in [1.807, 2.05) is 6.92 Å². The molecular weight excluding hydrogens is 254 g/mol. The first kappa shape index (κ1) is 21.0. The second kappa shape index (κ2) is 9.53. The van der Waals surface area contributed by atoms with Gasteiger partial charge in [0.25, 0.3) is 0 Å². The summed E-state index contributed by atoms with van der Waals surface area (Å²) in [6, 6.07) is 6.36. The Balaban J connectivity index is 0. The maximum Gasteiger partial charge on any atom is 1.00 e. The summed E-state index contributed by atoms with van der Waals surface area (Å²) >= 11 is 0. The molecule has 0 aliphatic carbocycles. The Morgan fingerprint density at radius 1 is 1.37 bits per heavy atom. The normalized spacial score (nSPS) is 12.1. The molecule has 0 fully saturated rings. The van der Waals surface area contributed by atoms with Gasteiger partial charge in [-0.25, -0.2) is 4.21 Å². The van der Waals surface area contributed by atoms with Crippen molar-refractivity contribution in [3.05, 3.63) is 35.9 Å². The maximum atomic E-state index is 11.7. The Hall–Kier alpha value is -0.355. The fourth-order valence-corrected chi connectivity index (χ4v) is 2.11. The molecule has 0 N–H and O–H groups in total. The number of hydrogen-bond acceptors (Lipinski definition) is 3. The summed E-state index contributed by atoms with van der Waals surface area (Å²) in [4.78, 5) is 10.3. The summed E-state index contributed by atoms with van der Waals surface area (Å²) in [7, 11) is -3.59. The first-order valence-electron chi connectivity index (χ1n) is 5.02. The molecule has 1 aromatic rings. The molecule has 2 radical (unpaired) electrons. The van der Waals surface area contributed by atoms with Crippen molar-refractivity contribution < 1.29 is 37.5 Å². The maximum absolute atomic E-state index is 11.7. The third-order valence-corrected chi connectivity index (χ3v) is 3.43. The van der Waals surface area contributed by atoms with E-state index in [9.17, 15) is 18.7 Å². The summed E-state index contributed by atoms with van der Waals surface area (Å²) in [5.41, 5.74) is 0.963. The third kappa shape index (κ3) is 7.72. The van der Waals surface area contributed by atoms with Crippen LogP contribution in [0.25, 0.3) is 0 Å². The van der Waals surface area contributed by atoms with Crippen molar-refractivity contribution in [2.45, 2.75) is 24.7 Å². The number of carboxylic acid groups (broad SMARTS) is 1. The van der Waals surface area contributed by atoms with Gasteiger partial charge in [-0.1, -0.05) is 17.7 Å². The van der Waals surface area contributed by atoms with Crippen LogP contribution in [0.3, 0.4) is 0 Å². The van der Waals surface area contributed by atoms with Crippen LogP contribution < -0.4 is 24.0 Å². The van der Waals surface area contributed by atoms with Crippen molar-refractivity contribution in [2.24, 2.45) is 0 Å². The van der Waals surface area contributed by atoms with Crippen LogP contribution in [0, 0.1) is 6.92 Å². The monoisotopic (exact) mass is 266 g/mol. The molecule has 4 nitrogen and oxygen atoms in total. The molecule has 0 amide bonds. The molecule has 0 saturated carbocycles. The van der Waals surface area contributed by atoms with Crippen LogP contribution in [-0.4, -0.2) is 34.1 Å². The second-order valence-corrected chi connectivity index (χ2v) is 5.26. The van der Waals surface area contributed by atoms with Crippen LogP contribution in [-0.2, 0) is 19.1 Å². The van der Waals surface area contributed by atoms with Gasteiger partial charge in [0.15, 0.2) is 9.80 Å². The number of rotatable bonds is 4. The fourth-order valence-electron chi connectivity index (χ4n) is 1.14. The molecule has 19 heavy (non-hydrogen) atoms. The summed E-state index contributed by atoms with van der Waals surface area (Å²) in [5.74, 6) is -1.21. The van der Waals surface area contributed by atoms with E-state index in [-0.39, 0.29) is 55.5 Å². The Morgan fingerprint density at radius 2 is 1.89 bits per heavy atom. The van der Waals surface area contributed by atoms with Gasteiger partial charge in [0.1, 0.15) is 0 Å². The first-order valence-corrected chi connectivity index (χ1v) is 6.50. The number of aliphatic carboxylic acids is 1. The van der Waals surface area contributed by atoms with Crippen LogP contribution in [0.2, 0.25) is 0 Å². The average molecular weight is 266 g/mol. The standard InChI is InChI=1S/C12H13O4S.2Li/c1-10-5-7-11(8-6-10)17(15,16)9-3-2-4-12(13)14;;/h3,5-8H,2,4H2,1H3,(H,13,14);;/q;;+1/p-1. The Labute approximate surface area is 137 Å². The second-order valence-electron chi connectivity index (χ2n) is 3.55. The van der Waals surface area contributed by atoms with Gasteiger partial charge >= 0.3 is 18.9 Å². The SMILES string of the molecule is Cc1ccc(S([O])(=O)=C=CCCC(=O)[O-])cc1.[Li+].[Li]. The molecule has 0 aliphatic rings. The van der Waals surface area contributed by atoms with Crippen LogP contribution in [0.5, 0.6) is 0 Å². The van der Waals surface area contributed by atoms with E-state index in [1.54, 1.807) is 12.1 Å². The van der Waals surface area contributed by atoms with Gasteiger partial charge in [-0.05, 0) is 43.0 Å². The Bertz CT molecular complexity index is 554. The quantitative estimate of drug-likeness (QED) is 0.433. The Kier molecular flexibility index (Phi) is 10.5. The van der Waals surface area contributed by atoms with E-state index in [0.717, 1.165) is 5.56 Å². The fraction of sp³-hybridized carbons (Fsp3) is 0.250. The van der Waals surface area contributed by atoms with Crippen LogP contribution in [0.4, 0.5) is 0 Å². The zero-order valence-electron chi connectivity index (χ0n) is 11.3. The van der Waals surface area contributed by atoms with E-state index >= 15 is 0 Å². The van der Waals surface area contributed by atoms with Crippen LogP contribution in [0.15, 0.2) is 35.2 Å². The van der Waals surface area contributed by atoms with Crippen molar-refractivity contribution in [2.75, 3.05) is 0 Å². The van der Waals surface area contributed by atoms with Crippen molar-refractivity contribution in [3.8, 4) is 0 Å². The molecular formula is C12H12Li2O4S. The van der Waals surface area contributed by atoms with Crippen molar-refractivity contribution in [1.29, 1.82) is 0 Å². The molecule has 0 aromatic heterocycles. The minimum atomic E-state index is -3.59. The predicted octanol–water partition coefficient (Wildman–Crippen LogP) is -2.91. The zero-order chi connectivity index (χ0) is 12.9. The van der Waals surface area contributed by atoms with Gasteiger partial charge in [-0.15, -0.1) is 4.55 Å². The van der Waals surface area contributed by atoms with Gasteiger partial charge in [-0.2, -0.15) is 0 Å². The smallest absolute Gasteiger partial charge is 0.550 e. The molecule has 0 saturated heterocycles. The van der Waals surface area contributed by atoms with Crippen LogP contribution >= 0.6 is 0 Å². The van der Waals surface area contributed by atoms with Gasteiger partial charge in [-0.3, -0.25) is 0 Å². The van der Waals surface area contributed by atoms with Gasteiger partial charge < -0.3 is 9.90 Å². The van der Waals surface area contributed by atoms with E-state index < -0.39 is 15.8 Å². The van der Waals surface area contributed by atoms with Crippen molar-refractivity contribution in [1.82, 2.24) is 0 Å². The molecule has 1 unspecified atom stereocenters. The first-order chi connectivity index (χ1) is 7.92. The molecule has 0 heterocycles. The van der Waals surface area contributed by atoms with E-state index in [4.69, 9.17) is 0 Å². The van der Waals surface area contributed by atoms with Crippen molar-refractivity contribution >= 4 is 39.7 Å².